The first-order chi connectivity index (χ1) is 16.2. The first-order valence-electron chi connectivity index (χ1n) is 10.5. The minimum atomic E-state index is -1.25. The highest BCUT2D eigenvalue weighted by molar-refractivity contribution is 5.94. The number of fused-ring (bicyclic) bond motifs is 1. The van der Waals surface area contributed by atoms with E-state index in [-0.39, 0.29) is 16.8 Å². The number of aryl methyl sites for hydroxylation is 1. The fourth-order valence-corrected chi connectivity index (χ4v) is 3.96. The molecule has 170 valence electrons. The topological polar surface area (TPSA) is 108 Å². The molecule has 0 amide bonds. The number of nitrogens with zero attached hydrogens (tertiary/aromatic N) is 3. The highest BCUT2D eigenvalue weighted by atomic mass is 19.1. The lowest BCUT2D eigenvalue weighted by atomic mass is 10.00. The van der Waals surface area contributed by atoms with Gasteiger partial charge < -0.3 is 10.4 Å². The summed E-state index contributed by atoms with van der Waals surface area (Å²) >= 11 is 0. The number of aromatic nitrogens is 2. The molecule has 1 aromatic heterocycles. The second kappa shape index (κ2) is 8.79. The molecule has 0 saturated carbocycles. The number of anilines is 1. The van der Waals surface area contributed by atoms with E-state index < -0.39 is 17.8 Å². The Morgan fingerprint density at radius 2 is 1.88 bits per heavy atom. The number of halogens is 1. The van der Waals surface area contributed by atoms with Crippen LogP contribution in [0.5, 0.6) is 0 Å². The lowest BCUT2D eigenvalue weighted by Gasteiger charge is -2.20. The predicted molar refractivity (Wildman–Crippen MR) is 127 cm³/mol. The molecule has 4 rings (SSSR count). The highest BCUT2D eigenvalue weighted by Gasteiger charge is 2.19. The third-order valence-electron chi connectivity index (χ3n) is 5.68. The van der Waals surface area contributed by atoms with Crippen LogP contribution in [0.25, 0.3) is 22.3 Å². The Bertz CT molecular complexity index is 1540. The van der Waals surface area contributed by atoms with Crippen LogP contribution in [0, 0.1) is 24.1 Å². The van der Waals surface area contributed by atoms with Crippen LogP contribution in [0.2, 0.25) is 0 Å². The van der Waals surface area contributed by atoms with Crippen molar-refractivity contribution >= 4 is 22.6 Å². The highest BCUT2D eigenvalue weighted by Crippen LogP contribution is 2.29. The maximum atomic E-state index is 13.6. The summed E-state index contributed by atoms with van der Waals surface area (Å²) in [6, 6.07) is 15.6. The van der Waals surface area contributed by atoms with Gasteiger partial charge in [0.15, 0.2) is 0 Å². The van der Waals surface area contributed by atoms with Gasteiger partial charge in [-0.2, -0.15) is 5.26 Å². The van der Waals surface area contributed by atoms with Crippen LogP contribution < -0.4 is 10.9 Å². The van der Waals surface area contributed by atoms with Crippen LogP contribution in [0.4, 0.5) is 10.1 Å². The molecule has 34 heavy (non-hydrogen) atoms. The summed E-state index contributed by atoms with van der Waals surface area (Å²) in [5, 5.41) is 22.1. The molecule has 0 saturated heterocycles. The van der Waals surface area contributed by atoms with E-state index in [0.717, 1.165) is 11.6 Å². The number of nitrogens with one attached hydrogen (secondary N) is 1. The first kappa shape index (κ1) is 22.7. The maximum absolute atomic E-state index is 13.6. The number of aromatic carboxylic acids is 1. The van der Waals surface area contributed by atoms with Crippen LogP contribution in [-0.2, 0) is 7.05 Å². The number of carbonyl (C=O) groups is 1. The molecular weight excluding hydrogens is 435 g/mol. The Morgan fingerprint density at radius 1 is 1.18 bits per heavy atom. The lowest BCUT2D eigenvalue weighted by molar-refractivity contribution is 0.0697. The molecule has 2 N–H and O–H groups in total. The number of rotatable bonds is 5. The van der Waals surface area contributed by atoms with Gasteiger partial charge >= 0.3 is 5.97 Å². The first-order valence-corrected chi connectivity index (χ1v) is 10.5. The van der Waals surface area contributed by atoms with Crippen molar-refractivity contribution in [3.05, 3.63) is 93.0 Å². The lowest BCUT2D eigenvalue weighted by Crippen LogP contribution is -2.22. The van der Waals surface area contributed by atoms with Gasteiger partial charge in [-0.15, -0.1) is 0 Å². The fourth-order valence-electron chi connectivity index (χ4n) is 3.96. The van der Waals surface area contributed by atoms with Gasteiger partial charge in [-0.3, -0.25) is 9.36 Å². The van der Waals surface area contributed by atoms with Crippen molar-refractivity contribution in [1.29, 1.82) is 5.26 Å². The van der Waals surface area contributed by atoms with E-state index in [1.807, 2.05) is 19.9 Å². The maximum Gasteiger partial charge on any atom is 0.337 e. The summed E-state index contributed by atoms with van der Waals surface area (Å²) in [7, 11) is 1.64. The van der Waals surface area contributed by atoms with Crippen molar-refractivity contribution < 1.29 is 14.3 Å². The summed E-state index contributed by atoms with van der Waals surface area (Å²) < 4.78 is 15.1. The second-order valence-corrected chi connectivity index (χ2v) is 8.10. The number of nitriles is 1. The summed E-state index contributed by atoms with van der Waals surface area (Å²) in [5.41, 5.74) is 3.04. The number of carboxylic acid groups (broad SMARTS) is 1. The molecule has 7 nitrogen and oxygen atoms in total. The fraction of sp³-hybridized carbons (Fsp3) is 0.154. The third-order valence-corrected chi connectivity index (χ3v) is 5.68. The molecule has 8 heteroatoms. The zero-order valence-electron chi connectivity index (χ0n) is 18.8. The van der Waals surface area contributed by atoms with E-state index in [9.17, 15) is 19.1 Å². The quantitative estimate of drug-likeness (QED) is 0.447. The van der Waals surface area contributed by atoms with Crippen molar-refractivity contribution in [3.63, 3.8) is 0 Å². The summed E-state index contributed by atoms with van der Waals surface area (Å²) in [5.74, 6) is -1.46. The number of carboxylic acids is 1. The Labute approximate surface area is 194 Å². The summed E-state index contributed by atoms with van der Waals surface area (Å²) in [6.45, 7) is 3.69. The molecule has 1 atom stereocenters. The minimum absolute atomic E-state index is 0.189. The van der Waals surface area contributed by atoms with E-state index in [1.54, 1.807) is 37.4 Å². The van der Waals surface area contributed by atoms with Gasteiger partial charge in [0.05, 0.1) is 34.1 Å². The van der Waals surface area contributed by atoms with E-state index in [1.165, 1.54) is 16.7 Å². The van der Waals surface area contributed by atoms with Crippen LogP contribution >= 0.6 is 0 Å². The number of benzene rings is 3. The van der Waals surface area contributed by atoms with Gasteiger partial charge in [0.2, 0.25) is 0 Å². The smallest absolute Gasteiger partial charge is 0.337 e. The van der Waals surface area contributed by atoms with E-state index >= 15 is 0 Å². The van der Waals surface area contributed by atoms with E-state index in [0.29, 0.717) is 33.4 Å². The van der Waals surface area contributed by atoms with Gasteiger partial charge in [0.1, 0.15) is 11.6 Å². The average molecular weight is 456 g/mol. The van der Waals surface area contributed by atoms with Crippen LogP contribution in [0.15, 0.2) is 59.4 Å². The molecule has 0 aliphatic rings. The van der Waals surface area contributed by atoms with Gasteiger partial charge in [-0.05, 0) is 67.9 Å². The molecule has 0 fully saturated rings. The average Bonchev–Trinajstić information content (AvgIpc) is 2.82. The number of hydrogen-bond acceptors (Lipinski definition) is 5. The normalized spacial score (nSPS) is 11.7. The molecule has 0 spiro atoms. The van der Waals surface area contributed by atoms with Gasteiger partial charge in [-0.25, -0.2) is 14.2 Å². The zero-order valence-corrected chi connectivity index (χ0v) is 18.8. The summed E-state index contributed by atoms with van der Waals surface area (Å²) in [4.78, 5) is 29.6. The van der Waals surface area contributed by atoms with Crippen molar-refractivity contribution in [3.8, 4) is 17.5 Å². The van der Waals surface area contributed by atoms with Crippen molar-refractivity contribution in [2.45, 2.75) is 19.9 Å². The molecular formula is C26H21FN4O3. The molecule has 0 unspecified atom stereocenters. The molecule has 0 bridgehead atoms. The number of hydrogen-bond donors (Lipinski definition) is 2. The molecule has 3 aromatic carbocycles. The van der Waals surface area contributed by atoms with Crippen LogP contribution in [0.1, 0.15) is 40.0 Å². The van der Waals surface area contributed by atoms with Gasteiger partial charge in [0.25, 0.3) is 5.56 Å². The van der Waals surface area contributed by atoms with Crippen molar-refractivity contribution in [1.82, 2.24) is 9.55 Å². The van der Waals surface area contributed by atoms with E-state index in [4.69, 9.17) is 10.2 Å². The van der Waals surface area contributed by atoms with E-state index in [2.05, 4.69) is 11.4 Å². The minimum Gasteiger partial charge on any atom is -0.478 e. The van der Waals surface area contributed by atoms with Crippen LogP contribution in [-0.4, -0.2) is 20.6 Å². The Balaban J connectivity index is 1.88. The molecule has 0 aliphatic heterocycles. The standard InChI is InChI=1S/C26H21FN4O3/c1-14-10-19(15(2)29-22-9-8-18(27)12-20(22)26(33)34)23-21(11-14)25(32)31(3)24(30-23)17-6-4-16(13-28)5-7-17/h4-12,15,29H,1-3H3,(H,33,34)/t15-/m1/s1. The Morgan fingerprint density at radius 3 is 2.53 bits per heavy atom. The van der Waals surface area contributed by atoms with Gasteiger partial charge in [-0.1, -0.05) is 6.07 Å². The largest absolute Gasteiger partial charge is 0.478 e. The molecule has 4 aromatic rings. The monoisotopic (exact) mass is 456 g/mol. The molecule has 0 radical (unpaired) electrons. The SMILES string of the molecule is Cc1cc([C@@H](C)Nc2ccc(F)cc2C(=O)O)c2nc(-c3ccc(C#N)cc3)n(C)c(=O)c2c1. The van der Waals surface area contributed by atoms with Crippen LogP contribution in [0.3, 0.4) is 0 Å². The predicted octanol–water partition coefficient (Wildman–Crippen LogP) is 4.79. The third kappa shape index (κ3) is 4.11. The van der Waals surface area contributed by atoms with Crippen molar-refractivity contribution in [2.75, 3.05) is 5.32 Å². The van der Waals surface area contributed by atoms with Gasteiger partial charge in [0, 0.05) is 23.9 Å². The summed E-state index contributed by atoms with van der Waals surface area (Å²) in [6.07, 6.45) is 0. The zero-order chi connectivity index (χ0) is 24.6. The van der Waals surface area contributed by atoms with Crippen molar-refractivity contribution in [2.24, 2.45) is 7.05 Å². The Kier molecular flexibility index (Phi) is 5.86. The molecule has 1 heterocycles. The Hall–Kier alpha value is -4.51. The molecule has 0 aliphatic carbocycles. The second-order valence-electron chi connectivity index (χ2n) is 8.10.